The minimum atomic E-state index is 0.465. The maximum atomic E-state index is 5.81. The molecule has 3 nitrogen and oxygen atoms in total. The lowest BCUT2D eigenvalue weighted by Gasteiger charge is -2.20. The number of rotatable bonds is 6. The Morgan fingerprint density at radius 3 is 3.00 bits per heavy atom. The summed E-state index contributed by atoms with van der Waals surface area (Å²) in [6.07, 6.45) is 5.12. The van der Waals surface area contributed by atoms with Crippen molar-refractivity contribution in [2.24, 2.45) is 5.92 Å². The molecule has 2 rings (SSSR count). The van der Waals surface area contributed by atoms with Gasteiger partial charge in [0, 0.05) is 36.2 Å². The fourth-order valence-corrected chi connectivity index (χ4v) is 2.84. The molecular formula is C12H18ClN3S. The molecule has 1 atom stereocenters. The van der Waals surface area contributed by atoms with Crippen molar-refractivity contribution in [1.82, 2.24) is 14.7 Å². The van der Waals surface area contributed by atoms with Gasteiger partial charge < -0.3 is 5.32 Å². The lowest BCUT2D eigenvalue weighted by molar-refractivity contribution is 0.387. The molecule has 0 bridgehead atoms. The molecule has 0 amide bonds. The SMILES string of the molecule is CC(C)C(CCCl)NCc1cn2ccsc2n1. The van der Waals surface area contributed by atoms with Gasteiger partial charge in [0.15, 0.2) is 4.96 Å². The Morgan fingerprint density at radius 2 is 2.35 bits per heavy atom. The van der Waals surface area contributed by atoms with Crippen molar-refractivity contribution in [3.05, 3.63) is 23.5 Å². The lowest BCUT2D eigenvalue weighted by atomic mass is 10.0. The second-order valence-corrected chi connectivity index (χ2v) is 5.79. The maximum Gasteiger partial charge on any atom is 0.193 e. The second kappa shape index (κ2) is 5.85. The molecule has 2 aromatic rings. The predicted octanol–water partition coefficient (Wildman–Crippen LogP) is 3.14. The smallest absolute Gasteiger partial charge is 0.193 e. The standard InChI is InChI=1S/C12H18ClN3S/c1-9(2)11(3-4-13)14-7-10-8-16-5-6-17-12(16)15-10/h5-6,8-9,11,14H,3-4,7H2,1-2H3. The third-order valence-corrected chi connectivity index (χ3v) is 3.90. The molecule has 0 fully saturated rings. The van der Waals surface area contributed by atoms with Gasteiger partial charge in [0.2, 0.25) is 0 Å². The van der Waals surface area contributed by atoms with Crippen LogP contribution in [0.1, 0.15) is 26.0 Å². The van der Waals surface area contributed by atoms with E-state index in [2.05, 4.69) is 34.7 Å². The highest BCUT2D eigenvalue weighted by Gasteiger charge is 2.12. The number of hydrogen-bond acceptors (Lipinski definition) is 3. The molecule has 0 saturated carbocycles. The molecule has 2 aromatic heterocycles. The zero-order chi connectivity index (χ0) is 12.3. The molecule has 0 aliphatic heterocycles. The lowest BCUT2D eigenvalue weighted by Crippen LogP contribution is -2.33. The number of thiazole rings is 1. The summed E-state index contributed by atoms with van der Waals surface area (Å²) in [6.45, 7) is 5.25. The van der Waals surface area contributed by atoms with Crippen LogP contribution in [-0.2, 0) is 6.54 Å². The first kappa shape index (κ1) is 12.9. The Labute approximate surface area is 111 Å². The molecular weight excluding hydrogens is 254 g/mol. The van der Waals surface area contributed by atoms with E-state index in [-0.39, 0.29) is 0 Å². The Balaban J connectivity index is 1.94. The summed E-state index contributed by atoms with van der Waals surface area (Å²) in [5.74, 6) is 1.30. The van der Waals surface area contributed by atoms with Crippen LogP contribution >= 0.6 is 22.9 Å². The number of fused-ring (bicyclic) bond motifs is 1. The van der Waals surface area contributed by atoms with Gasteiger partial charge in [-0.25, -0.2) is 4.98 Å². The molecule has 5 heteroatoms. The van der Waals surface area contributed by atoms with Gasteiger partial charge in [-0.1, -0.05) is 13.8 Å². The van der Waals surface area contributed by atoms with Crippen LogP contribution in [-0.4, -0.2) is 21.3 Å². The van der Waals surface area contributed by atoms with Gasteiger partial charge in [-0.3, -0.25) is 4.40 Å². The number of halogens is 1. The van der Waals surface area contributed by atoms with Crippen LogP contribution in [0.2, 0.25) is 0 Å². The van der Waals surface area contributed by atoms with Gasteiger partial charge >= 0.3 is 0 Å². The Hall–Kier alpha value is -0.580. The number of nitrogens with zero attached hydrogens (tertiary/aromatic N) is 2. The normalized spacial score (nSPS) is 13.6. The molecule has 0 saturated heterocycles. The highest BCUT2D eigenvalue weighted by molar-refractivity contribution is 7.15. The predicted molar refractivity (Wildman–Crippen MR) is 73.9 cm³/mol. The van der Waals surface area contributed by atoms with E-state index in [4.69, 9.17) is 11.6 Å². The zero-order valence-corrected chi connectivity index (χ0v) is 11.8. The molecule has 0 aromatic carbocycles. The van der Waals surface area contributed by atoms with Crippen molar-refractivity contribution in [2.75, 3.05) is 5.88 Å². The van der Waals surface area contributed by atoms with Gasteiger partial charge in [-0.15, -0.1) is 22.9 Å². The summed E-state index contributed by atoms with van der Waals surface area (Å²) in [5, 5.41) is 5.58. The van der Waals surface area contributed by atoms with Gasteiger partial charge in [-0.2, -0.15) is 0 Å². The third kappa shape index (κ3) is 3.21. The first-order valence-corrected chi connectivity index (χ1v) is 7.32. The van der Waals surface area contributed by atoms with Crippen molar-refractivity contribution in [3.8, 4) is 0 Å². The molecule has 1 N–H and O–H groups in total. The quantitative estimate of drug-likeness (QED) is 0.818. The summed E-state index contributed by atoms with van der Waals surface area (Å²) in [6, 6.07) is 0.465. The van der Waals surface area contributed by atoms with E-state index < -0.39 is 0 Å². The highest BCUT2D eigenvalue weighted by atomic mass is 35.5. The van der Waals surface area contributed by atoms with E-state index in [1.807, 2.05) is 11.6 Å². The average Bonchev–Trinajstić information content (AvgIpc) is 2.83. The topological polar surface area (TPSA) is 29.3 Å². The fourth-order valence-electron chi connectivity index (χ4n) is 1.89. The summed E-state index contributed by atoms with van der Waals surface area (Å²) < 4.78 is 2.06. The summed E-state index contributed by atoms with van der Waals surface area (Å²) in [4.78, 5) is 5.61. The molecule has 2 heterocycles. The Kier molecular flexibility index (Phi) is 4.42. The van der Waals surface area contributed by atoms with Crippen LogP contribution < -0.4 is 5.32 Å². The number of aromatic nitrogens is 2. The first-order valence-electron chi connectivity index (χ1n) is 5.91. The summed E-state index contributed by atoms with van der Waals surface area (Å²) >= 11 is 7.47. The van der Waals surface area contributed by atoms with Gasteiger partial charge in [0.25, 0.3) is 0 Å². The minimum absolute atomic E-state index is 0.465. The molecule has 17 heavy (non-hydrogen) atoms. The molecule has 0 aliphatic rings. The van der Waals surface area contributed by atoms with Gasteiger partial charge in [-0.05, 0) is 12.3 Å². The molecule has 1 unspecified atom stereocenters. The van der Waals surface area contributed by atoms with E-state index >= 15 is 0 Å². The van der Waals surface area contributed by atoms with Crippen molar-refractivity contribution in [1.29, 1.82) is 0 Å². The van der Waals surface area contributed by atoms with Crippen LogP contribution in [0.25, 0.3) is 4.96 Å². The van der Waals surface area contributed by atoms with Crippen LogP contribution in [0.4, 0.5) is 0 Å². The highest BCUT2D eigenvalue weighted by Crippen LogP contribution is 2.12. The molecule has 0 radical (unpaired) electrons. The average molecular weight is 272 g/mol. The largest absolute Gasteiger partial charge is 0.308 e. The van der Waals surface area contributed by atoms with Crippen LogP contribution in [0.15, 0.2) is 17.8 Å². The van der Waals surface area contributed by atoms with Crippen molar-refractivity contribution >= 4 is 27.9 Å². The van der Waals surface area contributed by atoms with E-state index in [1.165, 1.54) is 0 Å². The number of alkyl halides is 1. The van der Waals surface area contributed by atoms with E-state index in [0.29, 0.717) is 17.8 Å². The van der Waals surface area contributed by atoms with E-state index in [9.17, 15) is 0 Å². The number of hydrogen-bond donors (Lipinski definition) is 1. The molecule has 94 valence electrons. The second-order valence-electron chi connectivity index (χ2n) is 4.53. The fraction of sp³-hybridized carbons (Fsp3) is 0.583. The van der Waals surface area contributed by atoms with Gasteiger partial charge in [0.05, 0.1) is 5.69 Å². The van der Waals surface area contributed by atoms with Crippen LogP contribution in [0, 0.1) is 5.92 Å². The maximum absolute atomic E-state index is 5.81. The Bertz CT molecular complexity index is 434. The summed E-state index contributed by atoms with van der Waals surface area (Å²) in [5.41, 5.74) is 1.09. The Morgan fingerprint density at radius 1 is 1.53 bits per heavy atom. The van der Waals surface area contributed by atoms with E-state index in [1.54, 1.807) is 11.3 Å². The molecule has 0 aliphatic carbocycles. The van der Waals surface area contributed by atoms with Crippen molar-refractivity contribution in [2.45, 2.75) is 32.9 Å². The number of nitrogens with one attached hydrogen (secondary N) is 1. The van der Waals surface area contributed by atoms with Crippen molar-refractivity contribution < 1.29 is 0 Å². The van der Waals surface area contributed by atoms with Crippen molar-refractivity contribution in [3.63, 3.8) is 0 Å². The first-order chi connectivity index (χ1) is 8.20. The van der Waals surface area contributed by atoms with Crippen LogP contribution in [0.5, 0.6) is 0 Å². The zero-order valence-electron chi connectivity index (χ0n) is 10.2. The van der Waals surface area contributed by atoms with Gasteiger partial charge in [0.1, 0.15) is 0 Å². The third-order valence-electron chi connectivity index (χ3n) is 2.91. The minimum Gasteiger partial charge on any atom is -0.308 e. The number of imidazole rings is 1. The van der Waals surface area contributed by atoms with E-state index in [0.717, 1.165) is 23.6 Å². The van der Waals surface area contributed by atoms with Crippen LogP contribution in [0.3, 0.4) is 0 Å². The summed E-state index contributed by atoms with van der Waals surface area (Å²) in [7, 11) is 0. The monoisotopic (exact) mass is 271 g/mol. The molecule has 0 spiro atoms.